The maximum atomic E-state index is 12.7. The summed E-state index contributed by atoms with van der Waals surface area (Å²) in [6.45, 7) is 1.41. The van der Waals surface area contributed by atoms with E-state index in [1.54, 1.807) is 30.2 Å². The molecule has 0 unspecified atom stereocenters. The molecule has 8 heteroatoms. The first kappa shape index (κ1) is 22.3. The quantitative estimate of drug-likeness (QED) is 0.469. The van der Waals surface area contributed by atoms with Crippen molar-refractivity contribution in [2.45, 2.75) is 19.4 Å². The molecule has 2 aromatic heterocycles. The minimum Gasteiger partial charge on any atom is -0.345 e. The van der Waals surface area contributed by atoms with Crippen molar-refractivity contribution in [2.75, 3.05) is 22.6 Å². The molecular formula is C23H25N5O2S. The van der Waals surface area contributed by atoms with Gasteiger partial charge in [0, 0.05) is 25.0 Å². The van der Waals surface area contributed by atoms with E-state index in [1.165, 1.54) is 6.92 Å². The summed E-state index contributed by atoms with van der Waals surface area (Å²) in [6.07, 6.45) is 5.88. The molecule has 0 bridgehead atoms. The molecule has 0 saturated heterocycles. The molecule has 0 saturated carbocycles. The van der Waals surface area contributed by atoms with Gasteiger partial charge >= 0.3 is 0 Å². The van der Waals surface area contributed by atoms with Crippen molar-refractivity contribution in [1.82, 2.24) is 15.3 Å². The number of nitrogens with zero attached hydrogens (tertiary/aromatic N) is 2. The van der Waals surface area contributed by atoms with Crippen LogP contribution in [0.5, 0.6) is 0 Å². The number of anilines is 3. The summed E-state index contributed by atoms with van der Waals surface area (Å²) in [5.41, 5.74) is 2.78. The molecular weight excluding hydrogens is 410 g/mol. The maximum Gasteiger partial charge on any atom is 0.248 e. The van der Waals surface area contributed by atoms with Crippen molar-refractivity contribution in [2.24, 2.45) is 0 Å². The van der Waals surface area contributed by atoms with Gasteiger partial charge in [-0.25, -0.2) is 9.97 Å². The van der Waals surface area contributed by atoms with Crippen LogP contribution in [0, 0.1) is 0 Å². The Balaban J connectivity index is 1.74. The number of benzene rings is 1. The maximum absolute atomic E-state index is 12.7. The molecule has 0 aliphatic carbocycles. The lowest BCUT2D eigenvalue weighted by molar-refractivity contribution is -0.125. The normalized spacial score (nSPS) is 11.4. The summed E-state index contributed by atoms with van der Waals surface area (Å²) in [4.78, 5) is 32.7. The molecule has 2 amide bonds. The summed E-state index contributed by atoms with van der Waals surface area (Å²) in [7, 11) is 0. The van der Waals surface area contributed by atoms with Crippen LogP contribution in [-0.4, -0.2) is 39.8 Å². The van der Waals surface area contributed by atoms with E-state index in [1.807, 2.05) is 54.8 Å². The highest BCUT2D eigenvalue weighted by Gasteiger charge is 2.19. The van der Waals surface area contributed by atoms with E-state index in [0.717, 1.165) is 22.6 Å². The lowest BCUT2D eigenvalue weighted by Crippen LogP contribution is -2.43. The molecule has 1 aromatic carbocycles. The molecule has 31 heavy (non-hydrogen) atoms. The molecule has 160 valence electrons. The van der Waals surface area contributed by atoms with E-state index < -0.39 is 6.04 Å². The Morgan fingerprint density at radius 1 is 0.968 bits per heavy atom. The second kappa shape index (κ2) is 11.1. The van der Waals surface area contributed by atoms with E-state index in [-0.39, 0.29) is 11.8 Å². The Kier molecular flexibility index (Phi) is 8.00. The SMILES string of the molecule is CSCC[C@H](NC(C)=O)C(=O)Nc1cc(-c2ccnc(Nc3ccccc3)c2)ccn1. The molecule has 0 radical (unpaired) electrons. The van der Waals surface area contributed by atoms with Gasteiger partial charge < -0.3 is 16.0 Å². The second-order valence-electron chi connectivity index (χ2n) is 6.87. The fraction of sp³-hybridized carbons (Fsp3) is 0.217. The van der Waals surface area contributed by atoms with Gasteiger partial charge in [0.25, 0.3) is 0 Å². The van der Waals surface area contributed by atoms with Gasteiger partial charge in [0.2, 0.25) is 11.8 Å². The van der Waals surface area contributed by atoms with Gasteiger partial charge in [-0.1, -0.05) is 18.2 Å². The van der Waals surface area contributed by atoms with Gasteiger partial charge in [0.15, 0.2) is 0 Å². The van der Waals surface area contributed by atoms with E-state index in [0.29, 0.717) is 18.1 Å². The third-order valence-corrected chi connectivity index (χ3v) is 5.10. The van der Waals surface area contributed by atoms with E-state index in [9.17, 15) is 9.59 Å². The highest BCUT2D eigenvalue weighted by Crippen LogP contribution is 2.24. The first-order valence-electron chi connectivity index (χ1n) is 9.86. The fourth-order valence-corrected chi connectivity index (χ4v) is 3.46. The minimum absolute atomic E-state index is 0.238. The lowest BCUT2D eigenvalue weighted by Gasteiger charge is -2.17. The van der Waals surface area contributed by atoms with Crippen molar-refractivity contribution >= 4 is 40.9 Å². The van der Waals surface area contributed by atoms with Crippen LogP contribution in [-0.2, 0) is 9.59 Å². The van der Waals surface area contributed by atoms with Gasteiger partial charge in [-0.05, 0) is 66.0 Å². The predicted molar refractivity (Wildman–Crippen MR) is 126 cm³/mol. The summed E-state index contributed by atoms with van der Waals surface area (Å²) in [5.74, 6) is 1.39. The van der Waals surface area contributed by atoms with Crippen LogP contribution in [0.25, 0.3) is 11.1 Å². The Bertz CT molecular complexity index is 1030. The van der Waals surface area contributed by atoms with Crippen molar-refractivity contribution in [3.8, 4) is 11.1 Å². The molecule has 0 aliphatic rings. The van der Waals surface area contributed by atoms with Crippen LogP contribution < -0.4 is 16.0 Å². The Morgan fingerprint density at radius 3 is 2.26 bits per heavy atom. The summed E-state index contributed by atoms with van der Waals surface area (Å²) >= 11 is 1.62. The molecule has 0 aliphatic heterocycles. The topological polar surface area (TPSA) is 96.0 Å². The van der Waals surface area contributed by atoms with Crippen LogP contribution >= 0.6 is 11.8 Å². The zero-order valence-corrected chi connectivity index (χ0v) is 18.3. The lowest BCUT2D eigenvalue weighted by atomic mass is 10.1. The van der Waals surface area contributed by atoms with Gasteiger partial charge in [-0.2, -0.15) is 11.8 Å². The van der Waals surface area contributed by atoms with Gasteiger partial charge in [0.1, 0.15) is 17.7 Å². The predicted octanol–water partition coefficient (Wildman–Crippen LogP) is 4.08. The van der Waals surface area contributed by atoms with Gasteiger partial charge in [-0.3, -0.25) is 9.59 Å². The number of para-hydroxylation sites is 1. The molecule has 2 heterocycles. The second-order valence-corrected chi connectivity index (χ2v) is 7.86. The number of hydrogen-bond donors (Lipinski definition) is 3. The molecule has 3 aromatic rings. The smallest absolute Gasteiger partial charge is 0.248 e. The zero-order valence-electron chi connectivity index (χ0n) is 17.5. The average molecular weight is 436 g/mol. The van der Waals surface area contributed by atoms with E-state index >= 15 is 0 Å². The number of amides is 2. The molecule has 0 fully saturated rings. The number of thioether (sulfide) groups is 1. The van der Waals surface area contributed by atoms with Crippen molar-refractivity contribution in [1.29, 1.82) is 0 Å². The number of rotatable bonds is 9. The number of aromatic nitrogens is 2. The minimum atomic E-state index is -0.599. The monoisotopic (exact) mass is 435 g/mol. The van der Waals surface area contributed by atoms with E-state index in [4.69, 9.17) is 0 Å². The zero-order chi connectivity index (χ0) is 22.1. The standard InChI is InChI=1S/C23H25N5O2S/c1-16(29)26-20(10-13-31-2)23(30)28-22-15-18(9-12-25-22)17-8-11-24-21(14-17)27-19-6-4-3-5-7-19/h3-9,11-12,14-15,20H,10,13H2,1-2H3,(H,24,27)(H,26,29)(H,25,28,30)/t20-/m0/s1. The summed E-state index contributed by atoms with van der Waals surface area (Å²) in [5, 5.41) is 8.79. The van der Waals surface area contributed by atoms with Crippen LogP contribution in [0.3, 0.4) is 0 Å². The molecule has 3 N–H and O–H groups in total. The molecule has 1 atom stereocenters. The van der Waals surface area contributed by atoms with Gasteiger partial charge in [0.05, 0.1) is 0 Å². The number of pyridine rings is 2. The Morgan fingerprint density at radius 2 is 1.61 bits per heavy atom. The van der Waals surface area contributed by atoms with Crippen LogP contribution in [0.2, 0.25) is 0 Å². The molecule has 3 rings (SSSR count). The van der Waals surface area contributed by atoms with Crippen LogP contribution in [0.1, 0.15) is 13.3 Å². The highest BCUT2D eigenvalue weighted by atomic mass is 32.2. The molecule has 0 spiro atoms. The number of nitrogens with one attached hydrogen (secondary N) is 3. The first-order chi connectivity index (χ1) is 15.0. The summed E-state index contributed by atoms with van der Waals surface area (Å²) in [6, 6.07) is 16.7. The van der Waals surface area contributed by atoms with Crippen molar-refractivity contribution < 1.29 is 9.59 Å². The van der Waals surface area contributed by atoms with Gasteiger partial charge in [-0.15, -0.1) is 0 Å². The van der Waals surface area contributed by atoms with Crippen molar-refractivity contribution in [3.63, 3.8) is 0 Å². The largest absolute Gasteiger partial charge is 0.345 e. The summed E-state index contributed by atoms with van der Waals surface area (Å²) < 4.78 is 0. The number of hydrogen-bond acceptors (Lipinski definition) is 6. The Labute approximate surface area is 186 Å². The highest BCUT2D eigenvalue weighted by molar-refractivity contribution is 7.98. The molecule has 7 nitrogen and oxygen atoms in total. The van der Waals surface area contributed by atoms with Crippen LogP contribution in [0.4, 0.5) is 17.3 Å². The number of carbonyl (C=O) groups excluding carboxylic acids is 2. The van der Waals surface area contributed by atoms with Crippen LogP contribution in [0.15, 0.2) is 67.0 Å². The third-order valence-electron chi connectivity index (χ3n) is 4.46. The van der Waals surface area contributed by atoms with Crippen molar-refractivity contribution in [3.05, 3.63) is 67.0 Å². The average Bonchev–Trinajstić information content (AvgIpc) is 2.77. The number of carbonyl (C=O) groups is 2. The fourth-order valence-electron chi connectivity index (χ4n) is 2.99. The third kappa shape index (κ3) is 6.82. The Hall–Kier alpha value is -3.39. The first-order valence-corrected chi connectivity index (χ1v) is 11.3. The van der Waals surface area contributed by atoms with E-state index in [2.05, 4.69) is 25.9 Å².